The maximum Gasteiger partial charge on any atom is 0.332 e. The van der Waals surface area contributed by atoms with E-state index in [0.29, 0.717) is 43.0 Å². The second-order valence-electron chi connectivity index (χ2n) is 7.20. The minimum Gasteiger partial charge on any atom is -0.490 e. The molecule has 0 aliphatic carbocycles. The molecule has 1 aromatic carbocycles. The minimum absolute atomic E-state index is 0.00746. The van der Waals surface area contributed by atoms with Gasteiger partial charge in [0.05, 0.1) is 11.9 Å². The van der Waals surface area contributed by atoms with E-state index in [1.165, 1.54) is 11.6 Å². The number of rotatable bonds is 10. The second-order valence-corrected chi connectivity index (χ2v) is 7.20. The average Bonchev–Trinajstić information content (AvgIpc) is 3.18. The van der Waals surface area contributed by atoms with Gasteiger partial charge in [0, 0.05) is 27.2 Å². The zero-order valence-electron chi connectivity index (χ0n) is 17.4. The lowest BCUT2D eigenvalue weighted by Gasteiger charge is -2.14. The highest BCUT2D eigenvalue weighted by Gasteiger charge is 2.14. The van der Waals surface area contributed by atoms with Crippen molar-refractivity contribution in [2.24, 2.45) is 19.8 Å². The van der Waals surface area contributed by atoms with Crippen LogP contribution in [0.3, 0.4) is 0 Å². The average molecular weight is 430 g/mol. The second kappa shape index (κ2) is 9.58. The van der Waals surface area contributed by atoms with Gasteiger partial charge in [-0.3, -0.25) is 18.7 Å². The first-order valence-corrected chi connectivity index (χ1v) is 9.82. The number of hydrogen-bond donors (Lipinski definition) is 3. The number of nitrogens with zero attached hydrogens (tertiary/aromatic N) is 4. The van der Waals surface area contributed by atoms with Crippen LogP contribution in [-0.4, -0.2) is 55.5 Å². The van der Waals surface area contributed by atoms with Crippen molar-refractivity contribution in [2.45, 2.75) is 19.1 Å². The number of aliphatic hydroxyl groups excluding tert-OH is 1. The maximum absolute atomic E-state index is 12.4. The van der Waals surface area contributed by atoms with Crippen molar-refractivity contribution in [1.29, 1.82) is 0 Å². The van der Waals surface area contributed by atoms with E-state index in [0.717, 1.165) is 4.57 Å². The van der Waals surface area contributed by atoms with Gasteiger partial charge in [-0.05, 0) is 25.1 Å². The molecule has 4 N–H and O–H groups in total. The molecule has 0 aliphatic heterocycles. The number of fused-ring (bicyclic) bond motifs is 1. The number of amides is 1. The molecule has 3 rings (SSSR count). The van der Waals surface area contributed by atoms with Crippen molar-refractivity contribution in [1.82, 2.24) is 24.0 Å². The monoisotopic (exact) mass is 430 g/mol. The van der Waals surface area contributed by atoms with Crippen LogP contribution in [0.25, 0.3) is 11.2 Å². The van der Waals surface area contributed by atoms with Crippen LogP contribution in [0.4, 0.5) is 0 Å². The third-order valence-corrected chi connectivity index (χ3v) is 4.93. The van der Waals surface area contributed by atoms with E-state index in [1.54, 1.807) is 42.2 Å². The number of imidazole rings is 1. The molecule has 1 unspecified atom stereocenters. The number of benzene rings is 1. The molecule has 1 amide bonds. The molecule has 3 aromatic rings. The molecule has 1 atom stereocenters. The van der Waals surface area contributed by atoms with Crippen LogP contribution in [0.15, 0.2) is 40.2 Å². The highest BCUT2D eigenvalue weighted by molar-refractivity contribution is 5.95. The van der Waals surface area contributed by atoms with Gasteiger partial charge in [0.2, 0.25) is 0 Å². The number of nitrogens with two attached hydrogens (primary N) is 1. The standard InChI is InChI=1S/C20H26N6O5/c1-24-18-16(19(29)25(2)20(24)30)26(12-23-18)9-5-8-22-10-13(27)11-31-15-7-4-3-6-14(15)17(21)28/h3-4,6-7,12-13,22,27H,5,8-11H2,1-2H3,(H2,21,28). The Morgan fingerprint density at radius 1 is 1.26 bits per heavy atom. The molecule has 2 aromatic heterocycles. The fourth-order valence-corrected chi connectivity index (χ4v) is 3.25. The maximum atomic E-state index is 12.4. The number of aliphatic hydroxyl groups is 1. The van der Waals surface area contributed by atoms with E-state index in [9.17, 15) is 19.5 Å². The Morgan fingerprint density at radius 2 is 2.00 bits per heavy atom. The Morgan fingerprint density at radius 3 is 2.74 bits per heavy atom. The SMILES string of the molecule is Cn1c(=O)c2c(ncn2CCCNCC(O)COc2ccccc2C(N)=O)n(C)c1=O. The fraction of sp³-hybridized carbons (Fsp3) is 0.400. The summed E-state index contributed by atoms with van der Waals surface area (Å²) in [6.07, 6.45) is 1.44. The lowest BCUT2D eigenvalue weighted by atomic mass is 10.2. The molecular weight excluding hydrogens is 404 g/mol. The van der Waals surface area contributed by atoms with Crippen LogP contribution in [0, 0.1) is 0 Å². The predicted octanol–water partition coefficient (Wildman–Crippen LogP) is -1.05. The highest BCUT2D eigenvalue weighted by atomic mass is 16.5. The Balaban J connectivity index is 1.47. The summed E-state index contributed by atoms with van der Waals surface area (Å²) in [6, 6.07) is 6.59. The molecule has 0 fully saturated rings. The summed E-state index contributed by atoms with van der Waals surface area (Å²) in [6.45, 7) is 1.41. The molecule has 2 heterocycles. The lowest BCUT2D eigenvalue weighted by Crippen LogP contribution is -2.37. The molecule has 0 bridgehead atoms. The number of nitrogens with one attached hydrogen (secondary N) is 1. The first kappa shape index (κ1) is 22.2. The molecule has 0 radical (unpaired) electrons. The highest BCUT2D eigenvalue weighted by Crippen LogP contribution is 2.17. The summed E-state index contributed by atoms with van der Waals surface area (Å²) in [7, 11) is 3.02. The Bertz CT molecular complexity index is 1190. The molecule has 11 nitrogen and oxygen atoms in total. The zero-order valence-corrected chi connectivity index (χ0v) is 17.4. The van der Waals surface area contributed by atoms with E-state index in [2.05, 4.69) is 10.3 Å². The topological polar surface area (TPSA) is 146 Å². The van der Waals surface area contributed by atoms with E-state index < -0.39 is 17.7 Å². The van der Waals surface area contributed by atoms with Gasteiger partial charge in [-0.15, -0.1) is 0 Å². The van der Waals surface area contributed by atoms with Gasteiger partial charge >= 0.3 is 5.69 Å². The number of para-hydroxylation sites is 1. The van der Waals surface area contributed by atoms with Crippen molar-refractivity contribution in [3.63, 3.8) is 0 Å². The molecule has 11 heteroatoms. The summed E-state index contributed by atoms with van der Waals surface area (Å²) in [5, 5.41) is 13.2. The van der Waals surface area contributed by atoms with Gasteiger partial charge in [0.1, 0.15) is 18.5 Å². The molecule has 166 valence electrons. The first-order valence-electron chi connectivity index (χ1n) is 9.82. The Kier molecular flexibility index (Phi) is 6.88. The summed E-state index contributed by atoms with van der Waals surface area (Å²) in [5.74, 6) is -0.262. The van der Waals surface area contributed by atoms with Gasteiger partial charge in [-0.2, -0.15) is 0 Å². The summed E-state index contributed by atoms with van der Waals surface area (Å²) in [4.78, 5) is 40.0. The number of primary amides is 1. The third kappa shape index (κ3) is 4.84. The van der Waals surface area contributed by atoms with Crippen LogP contribution < -0.4 is 27.0 Å². The minimum atomic E-state index is -0.781. The van der Waals surface area contributed by atoms with Gasteiger partial charge in [-0.25, -0.2) is 9.78 Å². The van der Waals surface area contributed by atoms with Crippen molar-refractivity contribution in [3.05, 3.63) is 57.0 Å². The number of carbonyl (C=O) groups is 1. The van der Waals surface area contributed by atoms with Crippen LogP contribution in [0.1, 0.15) is 16.8 Å². The number of hydrogen-bond acceptors (Lipinski definition) is 7. The normalized spacial score (nSPS) is 12.2. The Hall–Kier alpha value is -3.44. The van der Waals surface area contributed by atoms with E-state index >= 15 is 0 Å². The quantitative estimate of drug-likeness (QED) is 0.348. The van der Waals surface area contributed by atoms with E-state index in [1.807, 2.05) is 0 Å². The van der Waals surface area contributed by atoms with Crippen LogP contribution >= 0.6 is 0 Å². The zero-order chi connectivity index (χ0) is 22.5. The van der Waals surface area contributed by atoms with Gasteiger partial charge in [0.25, 0.3) is 11.5 Å². The van der Waals surface area contributed by atoms with Gasteiger partial charge in [0.15, 0.2) is 11.2 Å². The summed E-state index contributed by atoms with van der Waals surface area (Å²) < 4.78 is 9.63. The molecule has 0 saturated heterocycles. The summed E-state index contributed by atoms with van der Waals surface area (Å²) in [5.41, 5.74) is 5.50. The number of aryl methyl sites for hydroxylation is 2. The number of carbonyl (C=O) groups excluding carboxylic acids is 1. The number of aromatic nitrogens is 4. The van der Waals surface area contributed by atoms with Crippen molar-refractivity contribution >= 4 is 17.1 Å². The molecule has 0 aliphatic rings. The largest absolute Gasteiger partial charge is 0.490 e. The molecular formula is C20H26N6O5. The van der Waals surface area contributed by atoms with Crippen LogP contribution in [0.5, 0.6) is 5.75 Å². The van der Waals surface area contributed by atoms with E-state index in [-0.39, 0.29) is 17.7 Å². The van der Waals surface area contributed by atoms with Crippen LogP contribution in [0.2, 0.25) is 0 Å². The van der Waals surface area contributed by atoms with Crippen molar-refractivity contribution < 1.29 is 14.6 Å². The van der Waals surface area contributed by atoms with Gasteiger partial charge < -0.3 is 25.5 Å². The molecule has 0 saturated carbocycles. The summed E-state index contributed by atoms with van der Waals surface area (Å²) >= 11 is 0. The first-order chi connectivity index (χ1) is 14.8. The van der Waals surface area contributed by atoms with Crippen LogP contribution in [-0.2, 0) is 20.6 Å². The van der Waals surface area contributed by atoms with E-state index in [4.69, 9.17) is 10.5 Å². The van der Waals surface area contributed by atoms with Crippen molar-refractivity contribution in [3.8, 4) is 5.75 Å². The smallest absolute Gasteiger partial charge is 0.332 e. The third-order valence-electron chi connectivity index (χ3n) is 4.93. The fourth-order valence-electron chi connectivity index (χ4n) is 3.25. The molecule has 0 spiro atoms. The number of ether oxygens (including phenoxy) is 1. The van der Waals surface area contributed by atoms with Gasteiger partial charge in [-0.1, -0.05) is 12.1 Å². The Labute approximate surface area is 177 Å². The molecule has 31 heavy (non-hydrogen) atoms. The van der Waals surface area contributed by atoms with Crippen molar-refractivity contribution in [2.75, 3.05) is 19.7 Å². The predicted molar refractivity (Wildman–Crippen MR) is 114 cm³/mol. The lowest BCUT2D eigenvalue weighted by molar-refractivity contribution is 0.0964.